The number of nitrogens with zero attached hydrogens (tertiary/aromatic N) is 4. The standard InChI is InChI=1S/C21H27N5O2/c1-25-8-10-26(11-9-25)7-6-24-21-17(13-22)14-23-15-18(21)16-4-5-19(27-2)20(12-16)28-3/h4-5,12,14-15H,6-11H2,1-3H3,(H,23,24). The molecule has 0 amide bonds. The van der Waals surface area contributed by atoms with Crippen molar-refractivity contribution in [1.29, 1.82) is 5.26 Å². The Morgan fingerprint density at radius 2 is 1.86 bits per heavy atom. The van der Waals surface area contributed by atoms with Gasteiger partial charge < -0.3 is 19.7 Å². The van der Waals surface area contributed by atoms with Crippen LogP contribution >= 0.6 is 0 Å². The summed E-state index contributed by atoms with van der Waals surface area (Å²) in [6, 6.07) is 7.97. The highest BCUT2D eigenvalue weighted by atomic mass is 16.5. The second-order valence-corrected chi connectivity index (χ2v) is 6.86. The monoisotopic (exact) mass is 381 g/mol. The Labute approximate surface area is 166 Å². The minimum absolute atomic E-state index is 0.533. The van der Waals surface area contributed by atoms with E-state index in [4.69, 9.17) is 9.47 Å². The van der Waals surface area contributed by atoms with Crippen LogP contribution in [-0.4, -0.2) is 75.3 Å². The lowest BCUT2D eigenvalue weighted by molar-refractivity contribution is 0.158. The van der Waals surface area contributed by atoms with E-state index in [2.05, 4.69) is 33.2 Å². The molecule has 7 nitrogen and oxygen atoms in total. The van der Waals surface area contributed by atoms with E-state index in [0.717, 1.165) is 56.1 Å². The van der Waals surface area contributed by atoms with Crippen LogP contribution in [0.25, 0.3) is 11.1 Å². The summed E-state index contributed by atoms with van der Waals surface area (Å²) < 4.78 is 10.7. The first-order valence-electron chi connectivity index (χ1n) is 9.41. The molecular weight excluding hydrogens is 354 g/mol. The number of nitrogens with one attached hydrogen (secondary N) is 1. The predicted molar refractivity (Wildman–Crippen MR) is 110 cm³/mol. The SMILES string of the molecule is COc1ccc(-c2cncc(C#N)c2NCCN2CCN(C)CC2)cc1OC. The molecule has 2 heterocycles. The third-order valence-corrected chi connectivity index (χ3v) is 5.09. The van der Waals surface area contributed by atoms with Crippen molar-refractivity contribution in [3.05, 3.63) is 36.2 Å². The van der Waals surface area contributed by atoms with Crippen LogP contribution in [0.5, 0.6) is 11.5 Å². The number of rotatable bonds is 7. The van der Waals surface area contributed by atoms with Crippen molar-refractivity contribution >= 4 is 5.69 Å². The molecule has 1 aromatic heterocycles. The molecule has 0 atom stereocenters. The number of ether oxygens (including phenoxy) is 2. The second kappa shape index (κ2) is 9.40. The first kappa shape index (κ1) is 19.9. The summed E-state index contributed by atoms with van der Waals surface area (Å²) in [6.07, 6.45) is 3.38. The molecule has 1 N–H and O–H groups in total. The minimum Gasteiger partial charge on any atom is -0.493 e. The highest BCUT2D eigenvalue weighted by molar-refractivity contribution is 5.82. The zero-order valence-electron chi connectivity index (χ0n) is 16.7. The molecule has 1 aliphatic rings. The van der Waals surface area contributed by atoms with Crippen LogP contribution in [0.4, 0.5) is 5.69 Å². The molecule has 0 radical (unpaired) electrons. The van der Waals surface area contributed by atoms with Crippen LogP contribution in [0.1, 0.15) is 5.56 Å². The zero-order valence-corrected chi connectivity index (χ0v) is 16.7. The highest BCUT2D eigenvalue weighted by Gasteiger charge is 2.16. The van der Waals surface area contributed by atoms with Crippen molar-refractivity contribution in [2.24, 2.45) is 0 Å². The maximum Gasteiger partial charge on any atom is 0.161 e. The summed E-state index contributed by atoms with van der Waals surface area (Å²) in [4.78, 5) is 9.03. The molecule has 1 aromatic carbocycles. The Hall–Kier alpha value is -2.82. The van der Waals surface area contributed by atoms with Gasteiger partial charge in [-0.1, -0.05) is 6.07 Å². The molecule has 28 heavy (non-hydrogen) atoms. The van der Waals surface area contributed by atoms with Gasteiger partial charge >= 0.3 is 0 Å². The van der Waals surface area contributed by atoms with Crippen molar-refractivity contribution < 1.29 is 9.47 Å². The Morgan fingerprint density at radius 3 is 2.54 bits per heavy atom. The van der Waals surface area contributed by atoms with Gasteiger partial charge in [-0.2, -0.15) is 5.26 Å². The molecule has 3 rings (SSSR count). The summed E-state index contributed by atoms with van der Waals surface area (Å²) in [5.41, 5.74) is 3.13. The summed E-state index contributed by atoms with van der Waals surface area (Å²) in [5.74, 6) is 1.31. The molecule has 0 bridgehead atoms. The third-order valence-electron chi connectivity index (χ3n) is 5.09. The van der Waals surface area contributed by atoms with E-state index >= 15 is 0 Å². The van der Waals surface area contributed by atoms with Crippen molar-refractivity contribution in [2.45, 2.75) is 0 Å². The number of hydrogen-bond donors (Lipinski definition) is 1. The van der Waals surface area contributed by atoms with E-state index in [1.54, 1.807) is 26.6 Å². The van der Waals surface area contributed by atoms with Gasteiger partial charge in [-0.05, 0) is 24.7 Å². The van der Waals surface area contributed by atoms with Crippen molar-refractivity contribution in [3.63, 3.8) is 0 Å². The lowest BCUT2D eigenvalue weighted by Crippen LogP contribution is -2.45. The fourth-order valence-corrected chi connectivity index (χ4v) is 3.37. The lowest BCUT2D eigenvalue weighted by Gasteiger charge is -2.32. The first-order valence-corrected chi connectivity index (χ1v) is 9.41. The third kappa shape index (κ3) is 4.53. The quantitative estimate of drug-likeness (QED) is 0.789. The van der Waals surface area contributed by atoms with E-state index in [1.807, 2.05) is 18.2 Å². The molecule has 2 aromatic rings. The van der Waals surface area contributed by atoms with E-state index in [1.165, 1.54) is 0 Å². The highest BCUT2D eigenvalue weighted by Crippen LogP contribution is 2.36. The van der Waals surface area contributed by atoms with Crippen LogP contribution < -0.4 is 14.8 Å². The second-order valence-electron chi connectivity index (χ2n) is 6.86. The minimum atomic E-state index is 0.533. The maximum absolute atomic E-state index is 9.56. The van der Waals surface area contributed by atoms with E-state index in [-0.39, 0.29) is 0 Å². The number of pyridine rings is 1. The van der Waals surface area contributed by atoms with Crippen molar-refractivity contribution in [1.82, 2.24) is 14.8 Å². The van der Waals surface area contributed by atoms with Gasteiger partial charge in [0.25, 0.3) is 0 Å². The topological polar surface area (TPSA) is 73.7 Å². The number of piperazine rings is 1. The van der Waals surface area contributed by atoms with Gasteiger partial charge in [0, 0.05) is 57.2 Å². The molecule has 7 heteroatoms. The number of aromatic nitrogens is 1. The van der Waals surface area contributed by atoms with Gasteiger partial charge in [0.05, 0.1) is 25.5 Å². The number of anilines is 1. The van der Waals surface area contributed by atoms with Gasteiger partial charge in [0.2, 0.25) is 0 Å². The van der Waals surface area contributed by atoms with Gasteiger partial charge in [0.1, 0.15) is 6.07 Å². The van der Waals surface area contributed by atoms with Crippen LogP contribution in [0.2, 0.25) is 0 Å². The molecule has 0 spiro atoms. The van der Waals surface area contributed by atoms with Crippen LogP contribution in [0, 0.1) is 11.3 Å². The maximum atomic E-state index is 9.56. The van der Waals surface area contributed by atoms with Crippen LogP contribution in [0.15, 0.2) is 30.6 Å². The van der Waals surface area contributed by atoms with E-state index in [9.17, 15) is 5.26 Å². The summed E-state index contributed by atoms with van der Waals surface area (Å²) >= 11 is 0. The van der Waals surface area contributed by atoms with Crippen LogP contribution in [-0.2, 0) is 0 Å². The van der Waals surface area contributed by atoms with Crippen molar-refractivity contribution in [2.75, 3.05) is 65.9 Å². The molecule has 0 saturated carbocycles. The van der Waals surface area contributed by atoms with Gasteiger partial charge in [0.15, 0.2) is 11.5 Å². The lowest BCUT2D eigenvalue weighted by atomic mass is 10.0. The van der Waals surface area contributed by atoms with E-state index < -0.39 is 0 Å². The number of hydrogen-bond acceptors (Lipinski definition) is 7. The largest absolute Gasteiger partial charge is 0.493 e. The Balaban J connectivity index is 1.80. The van der Waals surface area contributed by atoms with Crippen LogP contribution in [0.3, 0.4) is 0 Å². The molecule has 1 fully saturated rings. The van der Waals surface area contributed by atoms with E-state index in [0.29, 0.717) is 17.1 Å². The van der Waals surface area contributed by atoms with Gasteiger partial charge in [-0.25, -0.2) is 0 Å². The molecule has 1 aliphatic heterocycles. The normalized spacial score (nSPS) is 15.1. The number of methoxy groups -OCH3 is 2. The fourth-order valence-electron chi connectivity index (χ4n) is 3.37. The number of likely N-dealkylation sites (N-methyl/N-ethyl adjacent to an activating group) is 1. The Bertz CT molecular complexity index is 841. The van der Waals surface area contributed by atoms with Crippen molar-refractivity contribution in [3.8, 4) is 28.7 Å². The Kier molecular flexibility index (Phi) is 6.69. The van der Waals surface area contributed by atoms with Gasteiger partial charge in [-0.3, -0.25) is 9.88 Å². The number of benzene rings is 1. The summed E-state index contributed by atoms with van der Waals surface area (Å²) in [6.45, 7) is 6.03. The predicted octanol–water partition coefficient (Wildman–Crippen LogP) is 2.30. The molecule has 0 aliphatic carbocycles. The molecule has 148 valence electrons. The summed E-state index contributed by atoms with van der Waals surface area (Å²) in [7, 11) is 5.38. The first-order chi connectivity index (χ1) is 13.7. The molecular formula is C21H27N5O2. The zero-order chi connectivity index (χ0) is 19.9. The molecule has 1 saturated heterocycles. The average molecular weight is 381 g/mol. The smallest absolute Gasteiger partial charge is 0.161 e. The summed E-state index contributed by atoms with van der Waals surface area (Å²) in [5, 5.41) is 13.0. The van der Waals surface area contributed by atoms with Gasteiger partial charge in [-0.15, -0.1) is 0 Å². The Morgan fingerprint density at radius 1 is 1.11 bits per heavy atom. The fraction of sp³-hybridized carbons (Fsp3) is 0.429. The number of nitriles is 1. The molecule has 0 unspecified atom stereocenters. The average Bonchev–Trinajstić information content (AvgIpc) is 2.74.